The Bertz CT molecular complexity index is 1280. The molecular weight excluding hydrogens is 404 g/mol. The molecule has 2 aromatic heterocycles. The summed E-state index contributed by atoms with van der Waals surface area (Å²) in [6, 6.07) is 11.3. The van der Waals surface area contributed by atoms with Gasteiger partial charge in [-0.1, -0.05) is 35.0 Å². The molecule has 0 fully saturated rings. The average Bonchev–Trinajstić information content (AvgIpc) is 3.36. The fraction of sp³-hybridized carbons (Fsp3) is 0.0526. The van der Waals surface area contributed by atoms with Gasteiger partial charge in [0.2, 0.25) is 11.6 Å². The third-order valence-electron chi connectivity index (χ3n) is 4.29. The van der Waals surface area contributed by atoms with E-state index in [0.29, 0.717) is 16.8 Å². The lowest BCUT2D eigenvalue weighted by atomic mass is 10.1. The quantitative estimate of drug-likeness (QED) is 0.274. The third-order valence-corrected chi connectivity index (χ3v) is 4.29. The molecule has 0 saturated heterocycles. The number of nitrogens with zero attached hydrogens (tertiary/aromatic N) is 6. The molecule has 1 amide bonds. The van der Waals surface area contributed by atoms with Gasteiger partial charge in [-0.25, -0.2) is 10.1 Å². The SMILES string of the molecule is Cc1ccc(-c2c(C(=O)N/N=C/c3ccc(O)cc3O)nnn2-c2nonc2N)cc1. The van der Waals surface area contributed by atoms with E-state index in [4.69, 9.17) is 5.73 Å². The first-order chi connectivity index (χ1) is 14.9. The maximum absolute atomic E-state index is 12.8. The molecule has 0 saturated carbocycles. The second-order valence-corrected chi connectivity index (χ2v) is 6.48. The Hall–Kier alpha value is -4.74. The van der Waals surface area contributed by atoms with Crippen molar-refractivity contribution in [3.63, 3.8) is 0 Å². The lowest BCUT2D eigenvalue weighted by molar-refractivity contribution is 0.0950. The van der Waals surface area contributed by atoms with Crippen LogP contribution >= 0.6 is 0 Å². The van der Waals surface area contributed by atoms with Crippen molar-refractivity contribution in [1.82, 2.24) is 30.7 Å². The van der Waals surface area contributed by atoms with Gasteiger partial charge in [-0.15, -0.1) is 5.10 Å². The van der Waals surface area contributed by atoms with Crippen molar-refractivity contribution >= 4 is 17.9 Å². The van der Waals surface area contributed by atoms with Crippen molar-refractivity contribution in [3.8, 4) is 28.6 Å². The van der Waals surface area contributed by atoms with Crippen molar-refractivity contribution in [2.75, 3.05) is 5.73 Å². The molecule has 2 heterocycles. The maximum atomic E-state index is 12.8. The second-order valence-electron chi connectivity index (χ2n) is 6.48. The fourth-order valence-electron chi connectivity index (χ4n) is 2.75. The number of carbonyl (C=O) groups excluding carboxylic acids is 1. The van der Waals surface area contributed by atoms with Gasteiger partial charge in [0.25, 0.3) is 5.91 Å². The number of aromatic hydroxyl groups is 2. The van der Waals surface area contributed by atoms with Gasteiger partial charge < -0.3 is 15.9 Å². The van der Waals surface area contributed by atoms with E-state index >= 15 is 0 Å². The highest BCUT2D eigenvalue weighted by molar-refractivity contribution is 5.99. The molecule has 0 radical (unpaired) electrons. The Labute approximate surface area is 174 Å². The Morgan fingerprint density at radius 1 is 1.19 bits per heavy atom. The molecule has 2 aromatic carbocycles. The van der Waals surface area contributed by atoms with Crippen LogP contribution in [-0.4, -0.2) is 47.6 Å². The first-order valence-electron chi connectivity index (χ1n) is 8.90. The number of hydrogen-bond donors (Lipinski definition) is 4. The molecule has 12 nitrogen and oxygen atoms in total. The van der Waals surface area contributed by atoms with E-state index in [0.717, 1.165) is 11.6 Å². The summed E-state index contributed by atoms with van der Waals surface area (Å²) in [6.07, 6.45) is 1.22. The van der Waals surface area contributed by atoms with Gasteiger partial charge in [0.15, 0.2) is 5.69 Å². The second kappa shape index (κ2) is 7.94. The van der Waals surface area contributed by atoms with Crippen LogP contribution in [0.5, 0.6) is 11.5 Å². The minimum absolute atomic E-state index is 0.0222. The lowest BCUT2D eigenvalue weighted by Crippen LogP contribution is -2.19. The van der Waals surface area contributed by atoms with Crippen LogP contribution < -0.4 is 11.2 Å². The number of hydrazone groups is 1. The van der Waals surface area contributed by atoms with Crippen LogP contribution in [0.3, 0.4) is 0 Å². The molecule has 0 bridgehead atoms. The summed E-state index contributed by atoms with van der Waals surface area (Å²) < 4.78 is 5.88. The van der Waals surface area contributed by atoms with Gasteiger partial charge in [-0.2, -0.15) is 9.78 Å². The fourth-order valence-corrected chi connectivity index (χ4v) is 2.75. The number of anilines is 1. The highest BCUT2D eigenvalue weighted by atomic mass is 16.6. The topological polar surface area (TPSA) is 178 Å². The van der Waals surface area contributed by atoms with Gasteiger partial charge in [-0.3, -0.25) is 4.79 Å². The van der Waals surface area contributed by atoms with E-state index in [1.54, 1.807) is 12.1 Å². The van der Waals surface area contributed by atoms with Crippen molar-refractivity contribution in [1.29, 1.82) is 0 Å². The number of phenols is 2. The summed E-state index contributed by atoms with van der Waals surface area (Å²) in [5.74, 6) is -0.894. The highest BCUT2D eigenvalue weighted by Crippen LogP contribution is 2.26. The zero-order chi connectivity index (χ0) is 22.0. The predicted octanol–water partition coefficient (Wildman–Crippen LogP) is 1.38. The van der Waals surface area contributed by atoms with Crippen molar-refractivity contribution < 1.29 is 19.6 Å². The summed E-state index contributed by atoms with van der Waals surface area (Å²) in [5.41, 5.74) is 10.3. The Kier molecular flexibility index (Phi) is 5.02. The molecular formula is C19H16N8O4. The molecule has 0 spiro atoms. The number of aryl methyl sites for hydroxylation is 1. The number of amides is 1. The molecule has 0 aliphatic rings. The summed E-state index contributed by atoms with van der Waals surface area (Å²) in [7, 11) is 0. The number of carbonyl (C=O) groups is 1. The summed E-state index contributed by atoms with van der Waals surface area (Å²) >= 11 is 0. The van der Waals surface area contributed by atoms with Gasteiger partial charge >= 0.3 is 0 Å². The van der Waals surface area contributed by atoms with Crippen LogP contribution in [0.1, 0.15) is 21.6 Å². The van der Waals surface area contributed by atoms with E-state index in [1.165, 1.54) is 23.0 Å². The molecule has 12 heteroatoms. The van der Waals surface area contributed by atoms with E-state index in [-0.39, 0.29) is 28.8 Å². The monoisotopic (exact) mass is 420 g/mol. The van der Waals surface area contributed by atoms with Crippen LogP contribution in [0.25, 0.3) is 17.1 Å². The van der Waals surface area contributed by atoms with Crippen molar-refractivity contribution in [3.05, 3.63) is 59.3 Å². The van der Waals surface area contributed by atoms with Crippen molar-refractivity contribution in [2.45, 2.75) is 6.92 Å². The van der Waals surface area contributed by atoms with Gasteiger partial charge in [0.1, 0.15) is 17.2 Å². The first kappa shape index (κ1) is 19.6. The van der Waals surface area contributed by atoms with E-state index in [2.05, 4.69) is 35.8 Å². The van der Waals surface area contributed by atoms with Gasteiger partial charge in [0.05, 0.1) is 6.21 Å². The summed E-state index contributed by atoms with van der Waals surface area (Å²) in [4.78, 5) is 12.8. The molecule has 0 unspecified atom stereocenters. The van der Waals surface area contributed by atoms with Gasteiger partial charge in [-0.05, 0) is 29.4 Å². The van der Waals surface area contributed by atoms with Crippen LogP contribution in [0.2, 0.25) is 0 Å². The molecule has 0 aliphatic heterocycles. The number of rotatable bonds is 5. The smallest absolute Gasteiger partial charge is 0.294 e. The Balaban J connectivity index is 1.68. The first-order valence-corrected chi connectivity index (χ1v) is 8.90. The zero-order valence-corrected chi connectivity index (χ0v) is 16.1. The number of phenolic OH excluding ortho intramolecular Hbond substituents is 2. The van der Waals surface area contributed by atoms with E-state index < -0.39 is 5.91 Å². The van der Waals surface area contributed by atoms with E-state index in [9.17, 15) is 15.0 Å². The lowest BCUT2D eigenvalue weighted by Gasteiger charge is -2.06. The molecule has 0 atom stereocenters. The van der Waals surface area contributed by atoms with Crippen molar-refractivity contribution in [2.24, 2.45) is 5.10 Å². The number of aromatic nitrogens is 5. The van der Waals surface area contributed by atoms with E-state index in [1.807, 2.05) is 19.1 Å². The zero-order valence-electron chi connectivity index (χ0n) is 16.1. The normalized spacial score (nSPS) is 11.1. The average molecular weight is 420 g/mol. The molecule has 156 valence electrons. The largest absolute Gasteiger partial charge is 0.508 e. The number of nitrogens with one attached hydrogen (secondary N) is 1. The minimum atomic E-state index is -0.661. The summed E-state index contributed by atoms with van der Waals surface area (Å²) in [5, 5.41) is 38.1. The molecule has 0 aliphatic carbocycles. The van der Waals surface area contributed by atoms with Gasteiger partial charge in [0, 0.05) is 17.2 Å². The van der Waals surface area contributed by atoms with Crippen LogP contribution in [0.15, 0.2) is 52.2 Å². The van der Waals surface area contributed by atoms with Crippen LogP contribution in [0.4, 0.5) is 5.82 Å². The number of benzene rings is 2. The predicted molar refractivity (Wildman–Crippen MR) is 109 cm³/mol. The maximum Gasteiger partial charge on any atom is 0.294 e. The number of hydrogen-bond acceptors (Lipinski definition) is 10. The Morgan fingerprint density at radius 3 is 2.65 bits per heavy atom. The Morgan fingerprint density at radius 2 is 1.97 bits per heavy atom. The molecule has 4 rings (SSSR count). The molecule has 31 heavy (non-hydrogen) atoms. The molecule has 5 N–H and O–H groups in total. The van der Waals surface area contributed by atoms with Crippen LogP contribution in [0, 0.1) is 6.92 Å². The highest BCUT2D eigenvalue weighted by Gasteiger charge is 2.25. The molecule has 4 aromatic rings. The minimum Gasteiger partial charge on any atom is -0.508 e. The summed E-state index contributed by atoms with van der Waals surface area (Å²) in [6.45, 7) is 1.93. The van der Waals surface area contributed by atoms with Crippen LogP contribution in [-0.2, 0) is 0 Å². The number of nitrogen functional groups attached to an aromatic ring is 1. The number of nitrogens with two attached hydrogens (primary N) is 1. The standard InChI is InChI=1S/C19H16N8O4/c1-10-2-4-11(5-3-10)16-15(22-26-27(16)18-17(20)24-31-25-18)19(30)23-21-9-12-6-7-13(28)8-14(12)29/h2-9,28-29H,1H3,(H2,20,24)(H,23,30)/b21-9+. The third kappa shape index (κ3) is 3.89.